The van der Waals surface area contributed by atoms with Gasteiger partial charge in [-0.2, -0.15) is 5.10 Å². The third kappa shape index (κ3) is 4.63. The van der Waals surface area contributed by atoms with Crippen molar-refractivity contribution in [1.82, 2.24) is 19.5 Å². The molecule has 4 heterocycles. The summed E-state index contributed by atoms with van der Waals surface area (Å²) in [4.78, 5) is 33.8. The van der Waals surface area contributed by atoms with Crippen molar-refractivity contribution in [2.75, 3.05) is 24.5 Å². The van der Waals surface area contributed by atoms with Gasteiger partial charge in [0.15, 0.2) is 5.65 Å². The van der Waals surface area contributed by atoms with Crippen molar-refractivity contribution in [3.05, 3.63) is 82.9 Å². The van der Waals surface area contributed by atoms with Gasteiger partial charge in [0.25, 0.3) is 5.91 Å². The van der Waals surface area contributed by atoms with Gasteiger partial charge in [-0.05, 0) is 74.4 Å². The number of anilines is 1. The zero-order valence-corrected chi connectivity index (χ0v) is 23.0. The maximum absolute atomic E-state index is 15.5. The molecule has 1 saturated carbocycles. The van der Waals surface area contributed by atoms with Gasteiger partial charge in [-0.15, -0.1) is 0 Å². The Kier molecular flexibility index (Phi) is 6.25. The molecule has 2 aromatic carbocycles. The van der Waals surface area contributed by atoms with E-state index in [-0.39, 0.29) is 11.9 Å². The van der Waals surface area contributed by atoms with Crippen molar-refractivity contribution in [3.63, 3.8) is 0 Å². The van der Waals surface area contributed by atoms with E-state index in [4.69, 9.17) is 10.1 Å². The number of hydrogen-bond acceptors (Lipinski definition) is 5. The summed E-state index contributed by atoms with van der Waals surface area (Å²) in [5.74, 6) is -1.48. The SMILES string of the molecule is CC1c2ccccc2CCN1C(=O)c1cc(C2CC2)n2nc(-c3ccc(N4CCCC(C(=O)O)C4)cc3F)cc2n1. The van der Waals surface area contributed by atoms with E-state index in [0.29, 0.717) is 60.3 Å². The molecule has 0 bridgehead atoms. The molecular formula is C32H32FN5O3. The third-order valence-corrected chi connectivity index (χ3v) is 8.89. The number of carbonyl (C=O) groups excluding carboxylic acids is 1. The number of rotatable bonds is 5. The second kappa shape index (κ2) is 9.98. The second-order valence-corrected chi connectivity index (χ2v) is 11.6. The van der Waals surface area contributed by atoms with Crippen LogP contribution in [0, 0.1) is 11.7 Å². The van der Waals surface area contributed by atoms with E-state index < -0.39 is 17.7 Å². The second-order valence-electron chi connectivity index (χ2n) is 11.6. The predicted octanol–water partition coefficient (Wildman–Crippen LogP) is 5.47. The first-order chi connectivity index (χ1) is 19.9. The number of piperidine rings is 1. The number of amides is 1. The topological polar surface area (TPSA) is 91.0 Å². The molecule has 2 atom stereocenters. The third-order valence-electron chi connectivity index (χ3n) is 8.89. The summed E-state index contributed by atoms with van der Waals surface area (Å²) in [7, 11) is 0. The Morgan fingerprint density at radius 3 is 2.63 bits per heavy atom. The normalized spacial score (nSPS) is 20.7. The number of carboxylic acids is 1. The summed E-state index contributed by atoms with van der Waals surface area (Å²) in [6, 6.07) is 16.8. The van der Waals surface area contributed by atoms with Crippen LogP contribution >= 0.6 is 0 Å². The standard InChI is InChI=1S/C32H32FN5O3/c1-19-24-7-3-2-5-20(24)12-14-37(19)31(39)28-16-29(21-8-9-21)38-30(34-28)17-27(35-38)25-11-10-23(15-26(25)33)36-13-4-6-22(18-36)32(40)41/h2-3,5,7,10-11,15-17,19,21-22H,4,6,8-9,12-14,18H2,1H3,(H,40,41). The molecule has 0 spiro atoms. The summed E-state index contributed by atoms with van der Waals surface area (Å²) in [5.41, 5.74) is 5.78. The van der Waals surface area contributed by atoms with Crippen LogP contribution in [0.3, 0.4) is 0 Å². The Labute approximate surface area is 237 Å². The minimum absolute atomic E-state index is 0.0476. The lowest BCUT2D eigenvalue weighted by Crippen LogP contribution is -2.39. The number of carbonyl (C=O) groups is 2. The minimum Gasteiger partial charge on any atom is -0.481 e. The fourth-order valence-corrected chi connectivity index (χ4v) is 6.43. The summed E-state index contributed by atoms with van der Waals surface area (Å²) >= 11 is 0. The Morgan fingerprint density at radius 1 is 1.02 bits per heavy atom. The van der Waals surface area contributed by atoms with Crippen molar-refractivity contribution in [2.24, 2.45) is 5.92 Å². The van der Waals surface area contributed by atoms with Crippen LogP contribution in [0.2, 0.25) is 0 Å². The van der Waals surface area contributed by atoms with Crippen molar-refractivity contribution in [3.8, 4) is 11.3 Å². The summed E-state index contributed by atoms with van der Waals surface area (Å²) in [5, 5.41) is 14.2. The number of hydrogen-bond donors (Lipinski definition) is 1. The molecule has 3 aliphatic rings. The minimum atomic E-state index is -0.812. The van der Waals surface area contributed by atoms with E-state index in [1.807, 2.05) is 34.1 Å². The molecule has 2 aromatic heterocycles. The molecule has 0 radical (unpaired) electrons. The molecule has 1 N–H and O–H groups in total. The van der Waals surface area contributed by atoms with Crippen LogP contribution in [-0.2, 0) is 11.2 Å². The number of aromatic nitrogens is 3. The molecule has 2 aliphatic heterocycles. The van der Waals surface area contributed by atoms with Crippen LogP contribution in [0.4, 0.5) is 10.1 Å². The molecular weight excluding hydrogens is 521 g/mol. The van der Waals surface area contributed by atoms with E-state index in [1.165, 1.54) is 17.2 Å². The molecule has 41 heavy (non-hydrogen) atoms. The molecule has 8 nitrogen and oxygen atoms in total. The molecule has 2 unspecified atom stereocenters. The first-order valence-electron chi connectivity index (χ1n) is 14.4. The van der Waals surface area contributed by atoms with Crippen LogP contribution in [0.25, 0.3) is 16.9 Å². The quantitative estimate of drug-likeness (QED) is 0.352. The summed E-state index contributed by atoms with van der Waals surface area (Å²) < 4.78 is 17.2. The van der Waals surface area contributed by atoms with Crippen LogP contribution in [-0.4, -0.2) is 56.1 Å². The maximum atomic E-state index is 15.5. The molecule has 4 aromatic rings. The Morgan fingerprint density at radius 2 is 1.85 bits per heavy atom. The number of carboxylic acid groups (broad SMARTS) is 1. The number of fused-ring (bicyclic) bond motifs is 2. The number of benzene rings is 2. The van der Waals surface area contributed by atoms with Crippen LogP contribution < -0.4 is 4.90 Å². The van der Waals surface area contributed by atoms with Crippen molar-refractivity contribution in [1.29, 1.82) is 0 Å². The fourth-order valence-electron chi connectivity index (χ4n) is 6.43. The van der Waals surface area contributed by atoms with Crippen LogP contribution in [0.5, 0.6) is 0 Å². The van der Waals surface area contributed by atoms with Crippen molar-refractivity contribution in [2.45, 2.75) is 51.0 Å². The van der Waals surface area contributed by atoms with Crippen molar-refractivity contribution < 1.29 is 19.1 Å². The average molecular weight is 554 g/mol. The first kappa shape index (κ1) is 25.7. The largest absolute Gasteiger partial charge is 0.481 e. The highest BCUT2D eigenvalue weighted by molar-refractivity contribution is 5.93. The van der Waals surface area contributed by atoms with E-state index >= 15 is 4.39 Å². The fraction of sp³-hybridized carbons (Fsp3) is 0.375. The number of aliphatic carboxylic acids is 1. The molecule has 210 valence electrons. The van der Waals surface area contributed by atoms with Crippen molar-refractivity contribution >= 4 is 23.2 Å². The Bertz CT molecular complexity index is 1680. The number of nitrogens with zero attached hydrogens (tertiary/aromatic N) is 5. The van der Waals surface area contributed by atoms with Crippen LogP contribution in [0.15, 0.2) is 54.6 Å². The highest BCUT2D eigenvalue weighted by Crippen LogP contribution is 2.41. The molecule has 7 rings (SSSR count). The molecule has 9 heteroatoms. The Balaban J connectivity index is 1.20. The zero-order chi connectivity index (χ0) is 28.2. The zero-order valence-electron chi connectivity index (χ0n) is 23.0. The van der Waals surface area contributed by atoms with Gasteiger partial charge in [0, 0.05) is 48.6 Å². The maximum Gasteiger partial charge on any atom is 0.308 e. The van der Waals surface area contributed by atoms with E-state index in [1.54, 1.807) is 16.6 Å². The smallest absolute Gasteiger partial charge is 0.308 e. The molecule has 1 aliphatic carbocycles. The van der Waals surface area contributed by atoms with Gasteiger partial charge in [-0.25, -0.2) is 13.9 Å². The first-order valence-corrected chi connectivity index (χ1v) is 14.4. The lowest BCUT2D eigenvalue weighted by Gasteiger charge is -2.35. The molecule has 1 amide bonds. The summed E-state index contributed by atoms with van der Waals surface area (Å²) in [6.07, 6.45) is 4.24. The van der Waals surface area contributed by atoms with Gasteiger partial charge in [0.1, 0.15) is 11.5 Å². The monoisotopic (exact) mass is 553 g/mol. The van der Waals surface area contributed by atoms with Crippen LogP contribution in [0.1, 0.15) is 71.9 Å². The average Bonchev–Trinajstić information content (AvgIpc) is 3.75. The highest BCUT2D eigenvalue weighted by Gasteiger charge is 2.33. The van der Waals surface area contributed by atoms with Gasteiger partial charge in [0.05, 0.1) is 17.7 Å². The van der Waals surface area contributed by atoms with Gasteiger partial charge >= 0.3 is 5.97 Å². The predicted molar refractivity (Wildman–Crippen MR) is 153 cm³/mol. The van der Waals surface area contributed by atoms with Gasteiger partial charge < -0.3 is 14.9 Å². The van der Waals surface area contributed by atoms with Gasteiger partial charge in [0.2, 0.25) is 0 Å². The van der Waals surface area contributed by atoms with E-state index in [9.17, 15) is 14.7 Å². The highest BCUT2D eigenvalue weighted by atomic mass is 19.1. The number of halogens is 1. The van der Waals surface area contributed by atoms with Gasteiger partial charge in [-0.1, -0.05) is 24.3 Å². The van der Waals surface area contributed by atoms with Gasteiger partial charge in [-0.3, -0.25) is 9.59 Å². The lowest BCUT2D eigenvalue weighted by molar-refractivity contribution is -0.141. The van der Waals surface area contributed by atoms with E-state index in [2.05, 4.69) is 19.1 Å². The summed E-state index contributed by atoms with van der Waals surface area (Å²) in [6.45, 7) is 3.76. The Hall–Kier alpha value is -4.27. The lowest BCUT2D eigenvalue weighted by atomic mass is 9.93. The van der Waals surface area contributed by atoms with E-state index in [0.717, 1.165) is 31.4 Å². The molecule has 1 saturated heterocycles. The molecule has 2 fully saturated rings.